The highest BCUT2D eigenvalue weighted by Crippen LogP contribution is 2.35. The number of rotatable bonds is 4. The molecule has 35 heavy (non-hydrogen) atoms. The van der Waals surface area contributed by atoms with Gasteiger partial charge in [0, 0.05) is 11.9 Å². The molecule has 0 unspecified atom stereocenters. The fraction of sp³-hybridized carbons (Fsp3) is 0.250. The van der Waals surface area contributed by atoms with Crippen LogP contribution < -0.4 is 0 Å². The maximum Gasteiger partial charge on any atom is 0.416 e. The van der Waals surface area contributed by atoms with Crippen molar-refractivity contribution in [3.63, 3.8) is 0 Å². The number of carbonyl (C=O) groups is 2. The van der Waals surface area contributed by atoms with E-state index in [1.807, 2.05) is 0 Å². The van der Waals surface area contributed by atoms with E-state index in [0.29, 0.717) is 45.1 Å². The van der Waals surface area contributed by atoms with Gasteiger partial charge in [-0.1, -0.05) is 23.8 Å². The Morgan fingerprint density at radius 3 is 2.74 bits per heavy atom. The molecule has 1 atom stereocenters. The lowest BCUT2D eigenvalue weighted by atomic mass is 10.0. The molecule has 0 bridgehead atoms. The van der Waals surface area contributed by atoms with Gasteiger partial charge < -0.3 is 10.0 Å². The largest absolute Gasteiger partial charge is 0.480 e. The summed E-state index contributed by atoms with van der Waals surface area (Å²) < 4.78 is 42.0. The van der Waals surface area contributed by atoms with Crippen molar-refractivity contribution in [3.8, 4) is 0 Å². The normalized spacial score (nSPS) is 19.4. The predicted octanol–water partition coefficient (Wildman–Crippen LogP) is 4.54. The molecule has 2 aromatic carbocycles. The van der Waals surface area contributed by atoms with E-state index >= 15 is 0 Å². The zero-order valence-electron chi connectivity index (χ0n) is 18.4. The average Bonchev–Trinajstić information content (AvgIpc) is 3.30. The molecule has 1 amide bonds. The minimum atomic E-state index is -4.46. The molecular weight excluding hydrogens is 481 g/mol. The van der Waals surface area contributed by atoms with Crippen LogP contribution in [0.2, 0.25) is 0 Å². The van der Waals surface area contributed by atoms with Gasteiger partial charge in [-0.2, -0.15) is 23.3 Å². The van der Waals surface area contributed by atoms with E-state index in [1.165, 1.54) is 10.7 Å². The van der Waals surface area contributed by atoms with Crippen molar-refractivity contribution in [1.82, 2.24) is 14.7 Å². The third-order valence-electron chi connectivity index (χ3n) is 6.01. The van der Waals surface area contributed by atoms with Crippen LogP contribution in [0.4, 0.5) is 13.2 Å². The highest BCUT2D eigenvalue weighted by Gasteiger charge is 2.39. The summed E-state index contributed by atoms with van der Waals surface area (Å²) in [6.45, 7) is 2.12. The number of carboxylic acid groups (broad SMARTS) is 1. The first kappa shape index (κ1) is 23.2. The number of halogens is 3. The Balaban J connectivity index is 1.37. The van der Waals surface area contributed by atoms with Crippen LogP contribution in [-0.2, 0) is 22.3 Å². The van der Waals surface area contributed by atoms with Crippen molar-refractivity contribution in [2.75, 3.05) is 6.54 Å². The number of aliphatic carboxylic acids is 1. The summed E-state index contributed by atoms with van der Waals surface area (Å²) >= 11 is 1.13. The minimum absolute atomic E-state index is 0.0365. The first-order valence-electron chi connectivity index (χ1n) is 10.7. The zero-order chi connectivity index (χ0) is 24.9. The molecule has 2 aliphatic heterocycles. The van der Waals surface area contributed by atoms with Crippen molar-refractivity contribution < 1.29 is 27.9 Å². The molecule has 11 heteroatoms. The summed E-state index contributed by atoms with van der Waals surface area (Å²) in [4.78, 5) is 29.6. The number of thioether (sulfide) groups is 1. The average molecular weight is 501 g/mol. The summed E-state index contributed by atoms with van der Waals surface area (Å²) in [6.07, 6.45) is -0.716. The number of nitrogens with zero attached hydrogens (tertiary/aromatic N) is 4. The molecule has 0 aliphatic carbocycles. The lowest BCUT2D eigenvalue weighted by Crippen LogP contribution is -2.54. The number of likely N-dealkylation sites (tertiary alicyclic amines) is 1. The molecule has 5 rings (SSSR count). The van der Waals surface area contributed by atoms with Crippen LogP contribution in [0.3, 0.4) is 0 Å². The maximum atomic E-state index is 13.5. The molecule has 0 spiro atoms. The second kappa shape index (κ2) is 8.56. The number of aryl methyl sites for hydroxylation is 1. The fourth-order valence-electron chi connectivity index (χ4n) is 4.12. The van der Waals surface area contributed by atoms with Gasteiger partial charge in [0.2, 0.25) is 0 Å². The number of aromatic nitrogens is 2. The third-order valence-corrected chi connectivity index (χ3v) is 7.03. The van der Waals surface area contributed by atoms with Gasteiger partial charge in [0.05, 0.1) is 28.7 Å². The van der Waals surface area contributed by atoms with Crippen LogP contribution in [0.15, 0.2) is 52.5 Å². The number of hydrogen-bond acceptors (Lipinski definition) is 5. The Hall–Kier alpha value is -3.60. The number of aliphatic imine (C=N–C) groups is 1. The second-order valence-electron chi connectivity index (χ2n) is 8.43. The minimum Gasteiger partial charge on any atom is -0.480 e. The van der Waals surface area contributed by atoms with Gasteiger partial charge in [-0.3, -0.25) is 9.48 Å². The molecule has 7 nitrogen and oxygen atoms in total. The molecule has 1 aromatic heterocycles. The van der Waals surface area contributed by atoms with Gasteiger partial charge >= 0.3 is 12.1 Å². The zero-order valence-corrected chi connectivity index (χ0v) is 19.2. The molecule has 2 aliphatic rings. The Bertz CT molecular complexity index is 1430. The first-order valence-corrected chi connectivity index (χ1v) is 11.6. The molecule has 1 fully saturated rings. The van der Waals surface area contributed by atoms with Crippen molar-refractivity contribution >= 4 is 45.8 Å². The van der Waals surface area contributed by atoms with E-state index in [1.54, 1.807) is 48.4 Å². The Labute approximate surface area is 201 Å². The van der Waals surface area contributed by atoms with Gasteiger partial charge in [-0.05, 0) is 60.5 Å². The monoisotopic (exact) mass is 500 g/mol. The molecule has 3 aromatic rings. The van der Waals surface area contributed by atoms with Gasteiger partial charge in [-0.15, -0.1) is 0 Å². The van der Waals surface area contributed by atoms with Gasteiger partial charge in [-0.25, -0.2) is 4.79 Å². The molecule has 1 N–H and O–H groups in total. The maximum absolute atomic E-state index is 13.5. The van der Waals surface area contributed by atoms with E-state index in [4.69, 9.17) is 0 Å². The molecule has 0 radical (unpaired) electrons. The highest BCUT2D eigenvalue weighted by atomic mass is 32.2. The summed E-state index contributed by atoms with van der Waals surface area (Å²) in [5, 5.41) is 14.6. The Morgan fingerprint density at radius 1 is 1.26 bits per heavy atom. The Kier molecular flexibility index (Phi) is 5.66. The standard InChI is InChI=1S/C24H19F3N4O3S/c1-13-2-4-15(17(8-13)24(25,26)27)12-31-18-5-3-14(9-16(18)11-28-31)10-20-21(32)29-23(35-20)30-7-6-19(30)22(33)34/h2-5,8-11,19H,6-7,12H2,1H3,(H,33,34)/b20-10-/t19-/m0/s1. The van der Waals surface area contributed by atoms with Crippen LogP contribution in [0, 0.1) is 6.92 Å². The topological polar surface area (TPSA) is 87.8 Å². The van der Waals surface area contributed by atoms with Crippen LogP contribution in [0.1, 0.15) is 28.7 Å². The van der Waals surface area contributed by atoms with Crippen molar-refractivity contribution in [2.45, 2.75) is 32.1 Å². The van der Waals surface area contributed by atoms with E-state index in [0.717, 1.165) is 17.8 Å². The molecule has 1 saturated heterocycles. The van der Waals surface area contributed by atoms with Crippen LogP contribution in [0.25, 0.3) is 17.0 Å². The van der Waals surface area contributed by atoms with E-state index in [-0.39, 0.29) is 12.1 Å². The molecule has 180 valence electrons. The number of amidine groups is 1. The van der Waals surface area contributed by atoms with Crippen molar-refractivity contribution in [2.24, 2.45) is 4.99 Å². The van der Waals surface area contributed by atoms with Crippen molar-refractivity contribution in [1.29, 1.82) is 0 Å². The van der Waals surface area contributed by atoms with E-state index in [2.05, 4.69) is 10.1 Å². The number of alkyl halides is 3. The van der Waals surface area contributed by atoms with E-state index < -0.39 is 29.7 Å². The van der Waals surface area contributed by atoms with Gasteiger partial charge in [0.15, 0.2) is 5.17 Å². The second-order valence-corrected chi connectivity index (χ2v) is 9.43. The number of amides is 1. The third kappa shape index (κ3) is 4.43. The van der Waals surface area contributed by atoms with Crippen LogP contribution in [-0.4, -0.2) is 49.4 Å². The van der Waals surface area contributed by atoms with E-state index in [9.17, 15) is 27.9 Å². The lowest BCUT2D eigenvalue weighted by molar-refractivity contribution is -0.145. The van der Waals surface area contributed by atoms with Gasteiger partial charge in [0.1, 0.15) is 6.04 Å². The predicted molar refractivity (Wildman–Crippen MR) is 126 cm³/mol. The van der Waals surface area contributed by atoms with Crippen LogP contribution >= 0.6 is 11.8 Å². The lowest BCUT2D eigenvalue weighted by Gasteiger charge is -2.38. The summed E-state index contributed by atoms with van der Waals surface area (Å²) in [5.41, 5.74) is 1.34. The highest BCUT2D eigenvalue weighted by molar-refractivity contribution is 8.18. The summed E-state index contributed by atoms with van der Waals surface area (Å²) in [7, 11) is 0. The number of hydrogen-bond donors (Lipinski definition) is 1. The SMILES string of the molecule is Cc1ccc(Cn2ncc3cc(/C=C4\SC(N5CC[C@H]5C(=O)O)=NC4=O)ccc32)c(C(F)(F)F)c1. The smallest absolute Gasteiger partial charge is 0.416 e. The number of benzene rings is 2. The number of carboxylic acids is 1. The van der Waals surface area contributed by atoms with Crippen molar-refractivity contribution in [3.05, 3.63) is 69.8 Å². The molecular formula is C24H19F3N4O3S. The fourth-order valence-corrected chi connectivity index (χ4v) is 5.11. The summed E-state index contributed by atoms with van der Waals surface area (Å²) in [6, 6.07) is 8.88. The molecule has 0 saturated carbocycles. The molecule has 3 heterocycles. The number of fused-ring (bicyclic) bond motifs is 1. The Morgan fingerprint density at radius 2 is 2.06 bits per heavy atom. The van der Waals surface area contributed by atoms with Gasteiger partial charge in [0.25, 0.3) is 5.91 Å². The quantitative estimate of drug-likeness (QED) is 0.530. The first-order chi connectivity index (χ1) is 16.6. The number of carbonyl (C=O) groups excluding carboxylic acids is 1. The van der Waals surface area contributed by atoms with Crippen LogP contribution in [0.5, 0.6) is 0 Å². The summed E-state index contributed by atoms with van der Waals surface area (Å²) in [5.74, 6) is -1.38.